The fourth-order valence-electron chi connectivity index (χ4n) is 1.45. The highest BCUT2D eigenvalue weighted by molar-refractivity contribution is 9.10. The summed E-state index contributed by atoms with van der Waals surface area (Å²) in [5, 5.41) is 19.2. The number of carboxylic acid groups (broad SMARTS) is 1. The molecule has 0 heterocycles. The number of aryl methyl sites for hydroxylation is 1. The smallest absolute Gasteiger partial charge is 0.337 e. The van der Waals surface area contributed by atoms with Crippen LogP contribution in [0.1, 0.15) is 23.7 Å². The molecule has 1 unspecified atom stereocenters. The number of aliphatic hydroxyl groups is 1. The minimum Gasteiger partial charge on any atom is -0.479 e. The van der Waals surface area contributed by atoms with E-state index in [2.05, 4.69) is 31.9 Å². The summed E-state index contributed by atoms with van der Waals surface area (Å²) in [6, 6.07) is 5.23. The predicted octanol–water partition coefficient (Wildman–Crippen LogP) is 2.89. The second-order valence-corrected chi connectivity index (χ2v) is 5.09. The number of alkyl halides is 1. The number of carbonyl (C=O) groups is 1. The van der Waals surface area contributed by atoms with Gasteiger partial charge in [0.05, 0.1) is 0 Å². The lowest BCUT2D eigenvalue weighted by molar-refractivity contribution is -0.147. The van der Waals surface area contributed by atoms with Gasteiger partial charge in [-0.25, -0.2) is 4.79 Å². The molecule has 0 spiro atoms. The highest BCUT2D eigenvalue weighted by Crippen LogP contribution is 2.24. The van der Waals surface area contributed by atoms with E-state index < -0.39 is 12.1 Å². The summed E-state index contributed by atoms with van der Waals surface area (Å²) in [6.45, 7) is 0. The molecule has 0 amide bonds. The van der Waals surface area contributed by atoms with Crippen LogP contribution in [0.25, 0.3) is 0 Å². The average Bonchev–Trinajstić information content (AvgIpc) is 2.25. The Morgan fingerprint density at radius 2 is 2.12 bits per heavy atom. The van der Waals surface area contributed by atoms with E-state index in [1.165, 1.54) is 0 Å². The van der Waals surface area contributed by atoms with Gasteiger partial charge in [0, 0.05) is 9.80 Å². The molecule has 0 radical (unpaired) electrons. The van der Waals surface area contributed by atoms with Gasteiger partial charge in [0.2, 0.25) is 0 Å². The number of hydrogen-bond acceptors (Lipinski definition) is 2. The molecular weight excluding hydrogens is 340 g/mol. The first-order chi connectivity index (χ1) is 7.56. The van der Waals surface area contributed by atoms with Crippen molar-refractivity contribution in [1.29, 1.82) is 0 Å². The molecule has 16 heavy (non-hydrogen) atoms. The number of hydrogen-bond donors (Lipinski definition) is 2. The van der Waals surface area contributed by atoms with Crippen LogP contribution in [0.4, 0.5) is 0 Å². The molecule has 88 valence electrons. The van der Waals surface area contributed by atoms with Crippen molar-refractivity contribution in [3.8, 4) is 0 Å². The molecule has 0 aliphatic heterocycles. The van der Waals surface area contributed by atoms with Gasteiger partial charge >= 0.3 is 5.97 Å². The van der Waals surface area contributed by atoms with Crippen LogP contribution in [-0.2, 0) is 11.2 Å². The lowest BCUT2D eigenvalue weighted by Gasteiger charge is -2.12. The highest BCUT2D eigenvalue weighted by atomic mass is 79.9. The first-order valence-corrected chi connectivity index (χ1v) is 6.73. The summed E-state index contributed by atoms with van der Waals surface area (Å²) in [4.78, 5) is 10.7. The molecule has 1 aromatic rings. The van der Waals surface area contributed by atoms with E-state index in [4.69, 9.17) is 5.11 Å². The van der Waals surface area contributed by atoms with E-state index in [0.29, 0.717) is 5.56 Å². The Balaban J connectivity index is 3.01. The number of rotatable bonds is 5. The third-order valence-corrected chi connectivity index (χ3v) is 3.27. The van der Waals surface area contributed by atoms with Crippen LogP contribution in [0.2, 0.25) is 0 Å². The van der Waals surface area contributed by atoms with Gasteiger partial charge in [0.15, 0.2) is 6.10 Å². The van der Waals surface area contributed by atoms with Crippen molar-refractivity contribution in [2.45, 2.75) is 18.9 Å². The number of aliphatic carboxylic acids is 1. The highest BCUT2D eigenvalue weighted by Gasteiger charge is 2.19. The SMILES string of the molecule is O=C(O)C(O)c1ccc(Br)cc1CCCBr. The van der Waals surface area contributed by atoms with E-state index >= 15 is 0 Å². The summed E-state index contributed by atoms with van der Waals surface area (Å²) < 4.78 is 0.887. The third-order valence-electron chi connectivity index (χ3n) is 2.21. The van der Waals surface area contributed by atoms with Gasteiger partial charge in [-0.2, -0.15) is 0 Å². The molecule has 2 N–H and O–H groups in total. The predicted molar refractivity (Wildman–Crippen MR) is 68.9 cm³/mol. The second kappa shape index (κ2) is 6.37. The van der Waals surface area contributed by atoms with Gasteiger partial charge in [-0.3, -0.25) is 0 Å². The first-order valence-electron chi connectivity index (χ1n) is 4.81. The minimum atomic E-state index is -1.45. The van der Waals surface area contributed by atoms with Gasteiger partial charge in [0.1, 0.15) is 0 Å². The Kier molecular flexibility index (Phi) is 5.44. The van der Waals surface area contributed by atoms with Crippen molar-refractivity contribution in [2.24, 2.45) is 0 Å². The lowest BCUT2D eigenvalue weighted by Crippen LogP contribution is -2.12. The number of halogens is 2. The fraction of sp³-hybridized carbons (Fsp3) is 0.364. The van der Waals surface area contributed by atoms with Crippen LogP contribution in [0, 0.1) is 0 Å². The second-order valence-electron chi connectivity index (χ2n) is 3.38. The van der Waals surface area contributed by atoms with Crippen molar-refractivity contribution in [2.75, 3.05) is 5.33 Å². The summed E-state index contributed by atoms with van der Waals surface area (Å²) in [7, 11) is 0. The molecule has 0 saturated heterocycles. The molecule has 0 aliphatic rings. The molecule has 0 aliphatic carbocycles. The fourth-order valence-corrected chi connectivity index (χ4v) is 2.14. The zero-order valence-electron chi connectivity index (χ0n) is 8.49. The first kappa shape index (κ1) is 13.7. The Hall–Kier alpha value is -0.390. The standard InChI is InChI=1S/C11H12Br2O3/c12-5-1-2-7-6-8(13)3-4-9(7)10(14)11(15)16/h3-4,6,10,14H,1-2,5H2,(H,15,16). The Morgan fingerprint density at radius 3 is 2.69 bits per heavy atom. The van der Waals surface area contributed by atoms with E-state index in [1.807, 2.05) is 6.07 Å². The number of carboxylic acids is 1. The number of benzene rings is 1. The van der Waals surface area contributed by atoms with Gasteiger partial charge in [-0.05, 0) is 36.1 Å². The molecule has 1 rings (SSSR count). The molecule has 3 nitrogen and oxygen atoms in total. The Bertz CT molecular complexity index is 379. The van der Waals surface area contributed by atoms with Crippen molar-refractivity contribution in [3.05, 3.63) is 33.8 Å². The van der Waals surface area contributed by atoms with Gasteiger partial charge in [0.25, 0.3) is 0 Å². The van der Waals surface area contributed by atoms with Crippen LogP contribution in [-0.4, -0.2) is 21.5 Å². The molecule has 1 atom stereocenters. The molecule has 5 heteroatoms. The van der Waals surface area contributed by atoms with E-state index in [0.717, 1.165) is 28.2 Å². The quantitative estimate of drug-likeness (QED) is 0.802. The largest absolute Gasteiger partial charge is 0.479 e. The van der Waals surface area contributed by atoms with Gasteiger partial charge in [-0.15, -0.1) is 0 Å². The molecule has 0 saturated carbocycles. The summed E-state index contributed by atoms with van der Waals surface area (Å²) in [6.07, 6.45) is 0.193. The lowest BCUT2D eigenvalue weighted by atomic mass is 9.99. The van der Waals surface area contributed by atoms with Crippen LogP contribution in [0.3, 0.4) is 0 Å². The monoisotopic (exact) mass is 350 g/mol. The zero-order chi connectivity index (χ0) is 12.1. The molecule has 1 aromatic carbocycles. The van der Waals surface area contributed by atoms with Gasteiger partial charge in [-0.1, -0.05) is 37.9 Å². The average molecular weight is 352 g/mol. The third kappa shape index (κ3) is 3.57. The maximum atomic E-state index is 10.7. The minimum absolute atomic E-state index is 0.469. The summed E-state index contributed by atoms with van der Waals surface area (Å²) in [5.74, 6) is -1.22. The summed E-state index contributed by atoms with van der Waals surface area (Å²) in [5.41, 5.74) is 1.33. The van der Waals surface area contributed by atoms with E-state index in [1.54, 1.807) is 12.1 Å². The van der Waals surface area contributed by atoms with Crippen LogP contribution >= 0.6 is 31.9 Å². The molecular formula is C11H12Br2O3. The van der Waals surface area contributed by atoms with E-state index in [9.17, 15) is 9.90 Å². The number of aliphatic hydroxyl groups excluding tert-OH is 1. The van der Waals surface area contributed by atoms with E-state index in [-0.39, 0.29) is 0 Å². The van der Waals surface area contributed by atoms with Crippen LogP contribution < -0.4 is 0 Å². The van der Waals surface area contributed by atoms with Crippen molar-refractivity contribution < 1.29 is 15.0 Å². The maximum absolute atomic E-state index is 10.7. The van der Waals surface area contributed by atoms with Crippen LogP contribution in [0.15, 0.2) is 22.7 Å². The molecule has 0 aromatic heterocycles. The van der Waals surface area contributed by atoms with Crippen molar-refractivity contribution in [3.63, 3.8) is 0 Å². The molecule has 0 fully saturated rings. The topological polar surface area (TPSA) is 57.5 Å². The van der Waals surface area contributed by atoms with Crippen LogP contribution in [0.5, 0.6) is 0 Å². The van der Waals surface area contributed by atoms with Crippen molar-refractivity contribution >= 4 is 37.8 Å². The van der Waals surface area contributed by atoms with Crippen molar-refractivity contribution in [1.82, 2.24) is 0 Å². The Morgan fingerprint density at radius 1 is 1.44 bits per heavy atom. The molecule has 0 bridgehead atoms. The normalized spacial score (nSPS) is 12.4. The van der Waals surface area contributed by atoms with Gasteiger partial charge < -0.3 is 10.2 Å². The maximum Gasteiger partial charge on any atom is 0.337 e. The Labute approximate surface area is 111 Å². The summed E-state index contributed by atoms with van der Waals surface area (Å²) >= 11 is 6.66. The zero-order valence-corrected chi connectivity index (χ0v) is 11.7.